The Morgan fingerprint density at radius 1 is 0.926 bits per heavy atom. The molecule has 18 heteroatoms. The van der Waals surface area contributed by atoms with E-state index >= 15 is 0 Å². The van der Waals surface area contributed by atoms with E-state index in [1.54, 1.807) is 22.7 Å². The lowest BCUT2D eigenvalue weighted by Crippen LogP contribution is -2.57. The van der Waals surface area contributed by atoms with Gasteiger partial charge < -0.3 is 30.1 Å². The number of amides is 3. The molecule has 0 radical (unpaired) electrons. The van der Waals surface area contributed by atoms with Crippen LogP contribution >= 0.6 is 34.3 Å². The van der Waals surface area contributed by atoms with Gasteiger partial charge in [0.15, 0.2) is 11.6 Å². The topological polar surface area (TPSA) is 190 Å². The summed E-state index contributed by atoms with van der Waals surface area (Å²) >= 11 is 9.48. The Balaban J connectivity index is 0.814. The number of aliphatic imine (C=N–C) groups is 1. The molecule has 1 unspecified atom stereocenters. The monoisotopic (exact) mass is 984 g/mol. The van der Waals surface area contributed by atoms with Crippen LogP contribution in [-0.2, 0) is 35.1 Å². The summed E-state index contributed by atoms with van der Waals surface area (Å²) in [6.07, 6.45) is 1.26. The number of thiazole rings is 1. The molecule has 3 aromatic heterocycles. The Labute approximate surface area is 410 Å². The molecule has 1 fully saturated rings. The summed E-state index contributed by atoms with van der Waals surface area (Å²) in [5.74, 6) is 0.195. The molecule has 68 heavy (non-hydrogen) atoms. The Bertz CT molecular complexity index is 2620. The number of nitrogens with zero attached hydrogens (tertiary/aromatic N) is 6. The number of β-amino-alcohol motifs (C(OH)–C–C–N with tert-alkyl or cyclic N) is 1. The fourth-order valence-electron chi connectivity index (χ4n) is 8.53. The number of benzene rings is 2. The molecule has 3 amide bonds. The molecule has 0 spiro atoms. The van der Waals surface area contributed by atoms with Gasteiger partial charge in [0.1, 0.15) is 29.5 Å². The first-order valence-electron chi connectivity index (χ1n) is 23.1. The molecular formula is C50H61ClN8O7S2. The number of aliphatic hydroxyl groups excluding tert-OH is 1. The van der Waals surface area contributed by atoms with Crippen LogP contribution in [0.2, 0.25) is 5.02 Å². The van der Waals surface area contributed by atoms with E-state index < -0.39 is 41.5 Å². The van der Waals surface area contributed by atoms with E-state index in [1.807, 2.05) is 93.2 Å². The quantitative estimate of drug-likeness (QED) is 0.0671. The smallest absolute Gasteiger partial charge is 0.246 e. The van der Waals surface area contributed by atoms with Gasteiger partial charge in [-0.15, -0.1) is 32.9 Å². The molecule has 4 atom stereocenters. The second kappa shape index (κ2) is 22.5. The number of ketones is 1. The van der Waals surface area contributed by atoms with E-state index in [-0.39, 0.29) is 50.7 Å². The zero-order chi connectivity index (χ0) is 48.7. The summed E-state index contributed by atoms with van der Waals surface area (Å²) in [7, 11) is 0. The third kappa shape index (κ3) is 12.2. The highest BCUT2D eigenvalue weighted by atomic mass is 35.5. The van der Waals surface area contributed by atoms with Crippen LogP contribution in [0.1, 0.15) is 103 Å². The Kier molecular flexibility index (Phi) is 16.8. The van der Waals surface area contributed by atoms with Crippen LogP contribution in [0, 0.1) is 33.1 Å². The Morgan fingerprint density at radius 2 is 1.63 bits per heavy atom. The molecule has 1 saturated heterocycles. The number of fused-ring (bicyclic) bond motifs is 3. The van der Waals surface area contributed by atoms with E-state index in [1.165, 1.54) is 9.78 Å². The van der Waals surface area contributed by atoms with E-state index in [2.05, 4.69) is 39.7 Å². The highest BCUT2D eigenvalue weighted by Gasteiger charge is 2.44. The van der Waals surface area contributed by atoms with Gasteiger partial charge in [-0.05, 0) is 81.2 Å². The standard InChI is InChI=1S/C50H61ClN8O7S2/c1-29-31(3)68-49-43(29)44(34-15-17-36(51)18-16-34)54-38(47-57-56-32(4)59(47)49)25-41(62)52-20-8-21-65-22-9-23-66-27-42(63)55-46(50(5,6)7)48(64)58-26-37(60)24-39(58)40(61)19-12-33-10-13-35(14-11-33)45-30(2)53-28-67-45/h10-11,13-18,28,37-39,46,60H,8-9,12,19-27H2,1-7H3,(H,52,62)(H,55,63)/t37-,38?,39+,46-/m1/s1. The number of ether oxygens (including phenoxy) is 2. The number of likely N-dealkylation sites (tertiary alicyclic amines) is 1. The van der Waals surface area contributed by atoms with Crippen LogP contribution < -0.4 is 10.6 Å². The first-order chi connectivity index (χ1) is 32.5. The summed E-state index contributed by atoms with van der Waals surface area (Å²) in [5, 5.41) is 26.9. The van der Waals surface area contributed by atoms with Crippen molar-refractivity contribution in [3.8, 4) is 15.4 Å². The average Bonchev–Trinajstić information content (AvgIpc) is 4.07. The van der Waals surface area contributed by atoms with Crippen molar-refractivity contribution in [3.63, 3.8) is 0 Å². The highest BCUT2D eigenvalue weighted by Crippen LogP contribution is 2.40. The van der Waals surface area contributed by atoms with Crippen LogP contribution in [0.3, 0.4) is 0 Å². The fraction of sp³-hybridized carbons (Fsp3) is 0.480. The van der Waals surface area contributed by atoms with Crippen molar-refractivity contribution in [2.75, 3.05) is 39.5 Å². The first-order valence-corrected chi connectivity index (χ1v) is 25.2. The van der Waals surface area contributed by atoms with Crippen molar-refractivity contribution >= 4 is 63.5 Å². The largest absolute Gasteiger partial charge is 0.391 e. The summed E-state index contributed by atoms with van der Waals surface area (Å²) in [6, 6.07) is 13.4. The van der Waals surface area contributed by atoms with Crippen LogP contribution in [0.5, 0.6) is 0 Å². The highest BCUT2D eigenvalue weighted by molar-refractivity contribution is 7.15. The van der Waals surface area contributed by atoms with E-state index in [4.69, 9.17) is 26.1 Å². The van der Waals surface area contributed by atoms with E-state index in [9.17, 15) is 24.3 Å². The van der Waals surface area contributed by atoms with Gasteiger partial charge in [-0.25, -0.2) is 4.98 Å². The Morgan fingerprint density at radius 3 is 2.34 bits per heavy atom. The molecule has 7 rings (SSSR count). The number of halogens is 1. The predicted molar refractivity (Wildman–Crippen MR) is 265 cm³/mol. The molecular weight excluding hydrogens is 924 g/mol. The Hall–Kier alpha value is -5.17. The van der Waals surface area contributed by atoms with Gasteiger partial charge in [0, 0.05) is 66.8 Å². The van der Waals surface area contributed by atoms with Gasteiger partial charge >= 0.3 is 0 Å². The van der Waals surface area contributed by atoms with Gasteiger partial charge in [-0.3, -0.25) is 28.7 Å². The second-order valence-electron chi connectivity index (χ2n) is 18.5. The van der Waals surface area contributed by atoms with Gasteiger partial charge in [0.2, 0.25) is 17.7 Å². The molecule has 5 heterocycles. The summed E-state index contributed by atoms with van der Waals surface area (Å²) in [4.78, 5) is 67.2. The van der Waals surface area contributed by atoms with Crippen molar-refractivity contribution in [1.82, 2.24) is 35.3 Å². The van der Waals surface area contributed by atoms with Crippen LogP contribution in [0.25, 0.3) is 15.4 Å². The number of hydrogen-bond donors (Lipinski definition) is 3. The maximum atomic E-state index is 14.0. The lowest BCUT2D eigenvalue weighted by Gasteiger charge is -2.35. The lowest BCUT2D eigenvalue weighted by molar-refractivity contribution is -0.144. The molecule has 2 aliphatic heterocycles. The number of carbonyl (C=O) groups excluding carboxylic acids is 4. The molecule has 362 valence electrons. The number of aromatic nitrogens is 4. The van der Waals surface area contributed by atoms with Crippen molar-refractivity contribution in [2.45, 2.75) is 111 Å². The van der Waals surface area contributed by atoms with Crippen molar-refractivity contribution in [3.05, 3.63) is 104 Å². The molecule has 2 aromatic carbocycles. The minimum absolute atomic E-state index is 0.0204. The summed E-state index contributed by atoms with van der Waals surface area (Å²) in [6.45, 7) is 14.9. The molecule has 2 aliphatic rings. The molecule has 0 bridgehead atoms. The number of rotatable bonds is 20. The number of carbonyl (C=O) groups is 4. The minimum atomic E-state index is -0.940. The van der Waals surface area contributed by atoms with Crippen LogP contribution in [0.15, 0.2) is 59.0 Å². The third-order valence-corrected chi connectivity index (χ3v) is 14.7. The molecule has 0 saturated carbocycles. The number of Topliss-reactive ketones (excluding diaryl/α,β-unsaturated/α-hetero) is 1. The first kappa shape index (κ1) is 50.7. The molecule has 15 nitrogen and oxygen atoms in total. The van der Waals surface area contributed by atoms with Gasteiger partial charge in [-0.1, -0.05) is 68.8 Å². The van der Waals surface area contributed by atoms with Crippen LogP contribution in [0.4, 0.5) is 0 Å². The van der Waals surface area contributed by atoms with E-state index in [0.29, 0.717) is 49.9 Å². The average molecular weight is 986 g/mol. The maximum absolute atomic E-state index is 14.0. The molecule has 5 aromatic rings. The van der Waals surface area contributed by atoms with E-state index in [0.717, 1.165) is 54.9 Å². The number of aryl methyl sites for hydroxylation is 4. The maximum Gasteiger partial charge on any atom is 0.246 e. The SMILES string of the molecule is Cc1ncsc1-c1ccc(CCC(=O)[C@@H]2C[C@@H](O)CN2C(=O)[C@@H](NC(=O)COCCCOCCCNC(=O)CC2N=C(c3ccc(Cl)cc3)c3c(sc(C)c3C)-n3c(C)nnc32)C(C)(C)C)cc1. The van der Waals surface area contributed by atoms with Gasteiger partial charge in [0.05, 0.1) is 40.4 Å². The van der Waals surface area contributed by atoms with Crippen LogP contribution in [-0.4, -0.2) is 117 Å². The normalized spacial score (nSPS) is 17.3. The molecule has 0 aliphatic carbocycles. The zero-order valence-electron chi connectivity index (χ0n) is 39.8. The minimum Gasteiger partial charge on any atom is -0.391 e. The van der Waals surface area contributed by atoms with Gasteiger partial charge in [-0.2, -0.15) is 0 Å². The number of nitrogens with one attached hydrogen (secondary N) is 2. The summed E-state index contributed by atoms with van der Waals surface area (Å²) < 4.78 is 13.4. The number of thiophene rings is 1. The van der Waals surface area contributed by atoms with Crippen molar-refractivity contribution in [2.24, 2.45) is 10.4 Å². The third-order valence-electron chi connectivity index (χ3n) is 12.3. The van der Waals surface area contributed by atoms with Crippen molar-refractivity contribution < 1.29 is 33.8 Å². The number of aliphatic hydroxyl groups is 1. The predicted octanol–water partition coefficient (Wildman–Crippen LogP) is 7.25. The number of hydrogen-bond acceptors (Lipinski definition) is 13. The second-order valence-corrected chi connectivity index (χ2v) is 21.0. The van der Waals surface area contributed by atoms with Gasteiger partial charge in [0.25, 0.3) is 0 Å². The lowest BCUT2D eigenvalue weighted by atomic mass is 9.85. The fourth-order valence-corrected chi connectivity index (χ4v) is 10.7. The molecule has 3 N–H and O–H groups in total. The van der Waals surface area contributed by atoms with Crippen molar-refractivity contribution in [1.29, 1.82) is 0 Å². The zero-order valence-corrected chi connectivity index (χ0v) is 42.2. The summed E-state index contributed by atoms with van der Waals surface area (Å²) in [5.41, 5.74) is 8.01.